The van der Waals surface area contributed by atoms with E-state index in [-0.39, 0.29) is 0 Å². The summed E-state index contributed by atoms with van der Waals surface area (Å²) in [5, 5.41) is 0. The Morgan fingerprint density at radius 1 is 1.10 bits per heavy atom. The second kappa shape index (κ2) is 7.45. The zero-order valence-electron chi connectivity index (χ0n) is 11.9. The summed E-state index contributed by atoms with van der Waals surface area (Å²) >= 11 is 0. The molecule has 0 saturated carbocycles. The van der Waals surface area contributed by atoms with Crippen LogP contribution < -0.4 is 11.5 Å². The number of carbonyl (C=O) groups excluding carboxylic acids is 1. The van der Waals surface area contributed by atoms with E-state index in [1.165, 1.54) is 5.56 Å². The third-order valence-electron chi connectivity index (χ3n) is 3.28. The lowest BCUT2D eigenvalue weighted by atomic mass is 10.1. The van der Waals surface area contributed by atoms with Crippen LogP contribution in [0, 0.1) is 0 Å². The van der Waals surface area contributed by atoms with E-state index in [9.17, 15) is 4.79 Å². The fraction of sp³-hybridized carbons (Fsp3) is 0.235. The smallest absolute Gasteiger partial charge is 0.248 e. The molecule has 0 aliphatic heterocycles. The average molecular weight is 284 g/mol. The van der Waals surface area contributed by atoms with Gasteiger partial charge in [0, 0.05) is 23.4 Å². The number of amides is 1. The molecular formula is C17H20N2O2. The van der Waals surface area contributed by atoms with Gasteiger partial charge in [-0.1, -0.05) is 36.4 Å². The van der Waals surface area contributed by atoms with Crippen LogP contribution in [0.4, 0.5) is 5.69 Å². The molecule has 4 N–H and O–H groups in total. The highest BCUT2D eigenvalue weighted by molar-refractivity contribution is 5.93. The van der Waals surface area contributed by atoms with Crippen molar-refractivity contribution in [1.82, 2.24) is 0 Å². The van der Waals surface area contributed by atoms with Crippen molar-refractivity contribution in [3.05, 3.63) is 65.2 Å². The van der Waals surface area contributed by atoms with E-state index in [4.69, 9.17) is 16.2 Å². The lowest BCUT2D eigenvalue weighted by Crippen LogP contribution is -2.12. The Kier molecular flexibility index (Phi) is 5.35. The highest BCUT2D eigenvalue weighted by atomic mass is 16.5. The first-order valence-electron chi connectivity index (χ1n) is 6.96. The number of aryl methyl sites for hydroxylation is 1. The van der Waals surface area contributed by atoms with Crippen LogP contribution in [0.2, 0.25) is 0 Å². The molecule has 0 fully saturated rings. The largest absolute Gasteiger partial charge is 0.398 e. The van der Waals surface area contributed by atoms with E-state index in [0.29, 0.717) is 24.5 Å². The first-order chi connectivity index (χ1) is 10.2. The molecule has 0 bridgehead atoms. The van der Waals surface area contributed by atoms with Crippen molar-refractivity contribution < 1.29 is 9.53 Å². The van der Waals surface area contributed by atoms with Crippen LogP contribution >= 0.6 is 0 Å². The number of hydrogen-bond donors (Lipinski definition) is 2. The molecule has 0 aliphatic rings. The van der Waals surface area contributed by atoms with Crippen LogP contribution in [0.1, 0.15) is 27.9 Å². The first-order valence-corrected chi connectivity index (χ1v) is 6.96. The van der Waals surface area contributed by atoms with Crippen LogP contribution in [0.15, 0.2) is 48.5 Å². The molecule has 0 unspecified atom stereocenters. The molecule has 0 heterocycles. The van der Waals surface area contributed by atoms with E-state index in [2.05, 4.69) is 12.1 Å². The van der Waals surface area contributed by atoms with Gasteiger partial charge in [-0.15, -0.1) is 0 Å². The molecule has 1 amide bonds. The maximum atomic E-state index is 11.0. The van der Waals surface area contributed by atoms with Gasteiger partial charge >= 0.3 is 0 Å². The van der Waals surface area contributed by atoms with Gasteiger partial charge in [-0.2, -0.15) is 0 Å². The number of nitrogens with two attached hydrogens (primary N) is 2. The van der Waals surface area contributed by atoms with Gasteiger partial charge in [-0.3, -0.25) is 4.79 Å². The summed E-state index contributed by atoms with van der Waals surface area (Å²) in [5.41, 5.74) is 14.2. The van der Waals surface area contributed by atoms with E-state index in [1.54, 1.807) is 18.2 Å². The van der Waals surface area contributed by atoms with Crippen molar-refractivity contribution in [3.8, 4) is 0 Å². The van der Waals surface area contributed by atoms with Crippen LogP contribution in [-0.2, 0) is 17.8 Å². The lowest BCUT2D eigenvalue weighted by molar-refractivity contribution is 0.1000. The minimum atomic E-state index is -0.475. The number of rotatable bonds is 7. The van der Waals surface area contributed by atoms with E-state index >= 15 is 0 Å². The Morgan fingerprint density at radius 3 is 2.52 bits per heavy atom. The van der Waals surface area contributed by atoms with Crippen molar-refractivity contribution in [2.75, 3.05) is 12.3 Å². The van der Waals surface area contributed by atoms with Gasteiger partial charge in [0.1, 0.15) is 0 Å². The summed E-state index contributed by atoms with van der Waals surface area (Å²) in [7, 11) is 0. The van der Waals surface area contributed by atoms with Gasteiger partial charge in [0.2, 0.25) is 5.91 Å². The number of nitrogen functional groups attached to an aromatic ring is 1. The molecule has 2 aromatic rings. The predicted octanol–water partition coefficient (Wildman–Crippen LogP) is 2.52. The Balaban J connectivity index is 1.75. The zero-order valence-corrected chi connectivity index (χ0v) is 11.9. The Labute approximate surface area is 124 Å². The molecule has 0 aliphatic carbocycles. The quantitative estimate of drug-likeness (QED) is 0.605. The van der Waals surface area contributed by atoms with Gasteiger partial charge in [-0.05, 0) is 30.5 Å². The molecule has 0 spiro atoms. The number of hydrogen-bond acceptors (Lipinski definition) is 3. The number of anilines is 1. The normalized spacial score (nSPS) is 10.5. The van der Waals surface area contributed by atoms with Crippen LogP contribution in [-0.4, -0.2) is 12.5 Å². The Bertz CT molecular complexity index is 597. The molecule has 2 rings (SSSR count). The minimum Gasteiger partial charge on any atom is -0.398 e. The highest BCUT2D eigenvalue weighted by Gasteiger charge is 2.05. The molecule has 0 aromatic heterocycles. The summed E-state index contributed by atoms with van der Waals surface area (Å²) in [6.45, 7) is 1.12. The molecule has 21 heavy (non-hydrogen) atoms. The van der Waals surface area contributed by atoms with Gasteiger partial charge in [0.25, 0.3) is 0 Å². The van der Waals surface area contributed by atoms with E-state index in [0.717, 1.165) is 18.4 Å². The van der Waals surface area contributed by atoms with Gasteiger partial charge in [0.15, 0.2) is 0 Å². The molecule has 0 saturated heterocycles. The molecular weight excluding hydrogens is 264 g/mol. The number of ether oxygens (including phenoxy) is 1. The van der Waals surface area contributed by atoms with E-state index < -0.39 is 5.91 Å². The van der Waals surface area contributed by atoms with Gasteiger partial charge in [0.05, 0.1) is 6.61 Å². The lowest BCUT2D eigenvalue weighted by Gasteiger charge is -2.08. The third kappa shape index (κ3) is 4.61. The van der Waals surface area contributed by atoms with Gasteiger partial charge < -0.3 is 16.2 Å². The first kappa shape index (κ1) is 15.1. The molecule has 110 valence electrons. The Morgan fingerprint density at radius 2 is 1.86 bits per heavy atom. The summed E-state index contributed by atoms with van der Waals surface area (Å²) in [5.74, 6) is -0.475. The molecule has 0 radical (unpaired) electrons. The third-order valence-corrected chi connectivity index (χ3v) is 3.28. The van der Waals surface area contributed by atoms with Crippen molar-refractivity contribution in [2.45, 2.75) is 19.4 Å². The van der Waals surface area contributed by atoms with Gasteiger partial charge in [-0.25, -0.2) is 0 Å². The number of carbonyl (C=O) groups is 1. The molecule has 4 nitrogen and oxygen atoms in total. The summed E-state index contributed by atoms with van der Waals surface area (Å²) in [6.07, 6.45) is 1.96. The van der Waals surface area contributed by atoms with Crippen molar-refractivity contribution in [2.24, 2.45) is 5.73 Å². The van der Waals surface area contributed by atoms with E-state index in [1.807, 2.05) is 18.2 Å². The molecule has 0 atom stereocenters. The Hall–Kier alpha value is -2.33. The zero-order chi connectivity index (χ0) is 15.1. The summed E-state index contributed by atoms with van der Waals surface area (Å²) in [4.78, 5) is 11.0. The van der Waals surface area contributed by atoms with Crippen molar-refractivity contribution in [1.29, 1.82) is 0 Å². The average Bonchev–Trinajstić information content (AvgIpc) is 2.49. The topological polar surface area (TPSA) is 78.3 Å². The minimum absolute atomic E-state index is 0.417. The van der Waals surface area contributed by atoms with Crippen LogP contribution in [0.25, 0.3) is 0 Å². The maximum absolute atomic E-state index is 11.0. The van der Waals surface area contributed by atoms with Crippen LogP contribution in [0.3, 0.4) is 0 Å². The summed E-state index contributed by atoms with van der Waals surface area (Å²) in [6, 6.07) is 15.4. The second-order valence-corrected chi connectivity index (χ2v) is 4.92. The monoisotopic (exact) mass is 284 g/mol. The second-order valence-electron chi connectivity index (χ2n) is 4.92. The maximum Gasteiger partial charge on any atom is 0.248 e. The highest BCUT2D eigenvalue weighted by Crippen LogP contribution is 2.15. The molecule has 4 heteroatoms. The van der Waals surface area contributed by atoms with Crippen molar-refractivity contribution >= 4 is 11.6 Å². The summed E-state index contributed by atoms with van der Waals surface area (Å²) < 4.78 is 5.63. The van der Waals surface area contributed by atoms with Crippen LogP contribution in [0.5, 0.6) is 0 Å². The van der Waals surface area contributed by atoms with Crippen molar-refractivity contribution in [3.63, 3.8) is 0 Å². The standard InChI is InChI=1S/C17H20N2O2/c18-16-11-14(17(19)20)8-9-15(16)12-21-10-4-7-13-5-2-1-3-6-13/h1-3,5-6,8-9,11H,4,7,10,12,18H2,(H2,19,20). The molecule has 2 aromatic carbocycles. The SMILES string of the molecule is NC(=O)c1ccc(COCCCc2ccccc2)c(N)c1. The predicted molar refractivity (Wildman–Crippen MR) is 83.8 cm³/mol. The fourth-order valence-corrected chi connectivity index (χ4v) is 2.08. The number of benzene rings is 2. The fourth-order valence-electron chi connectivity index (χ4n) is 2.08. The number of primary amides is 1.